The summed E-state index contributed by atoms with van der Waals surface area (Å²) in [7, 11) is 0. The standard InChI is InChI=1S/C13H14/c1-3-7-12-10(5-1)9-11-6-2-4-8-13(11)12/h1,4-5,7-9,11,13H,2-3,6H2. The van der Waals surface area contributed by atoms with Crippen LogP contribution in [0, 0.1) is 11.8 Å². The van der Waals surface area contributed by atoms with Gasteiger partial charge in [0, 0.05) is 5.92 Å². The molecule has 3 aliphatic carbocycles. The molecule has 2 unspecified atom stereocenters. The fourth-order valence-electron chi connectivity index (χ4n) is 2.69. The highest BCUT2D eigenvalue weighted by atomic mass is 14.3. The molecule has 0 aromatic carbocycles. The van der Waals surface area contributed by atoms with E-state index in [2.05, 4.69) is 36.5 Å². The Kier molecular flexibility index (Phi) is 1.55. The van der Waals surface area contributed by atoms with Crippen molar-refractivity contribution in [1.82, 2.24) is 0 Å². The van der Waals surface area contributed by atoms with E-state index < -0.39 is 0 Å². The fraction of sp³-hybridized carbons (Fsp3) is 0.385. The summed E-state index contributed by atoms with van der Waals surface area (Å²) < 4.78 is 0. The van der Waals surface area contributed by atoms with Gasteiger partial charge in [-0.05, 0) is 36.3 Å². The lowest BCUT2D eigenvalue weighted by atomic mass is 9.83. The minimum atomic E-state index is 0.716. The zero-order chi connectivity index (χ0) is 8.67. The molecule has 3 rings (SSSR count). The lowest BCUT2D eigenvalue weighted by Gasteiger charge is -2.21. The van der Waals surface area contributed by atoms with Crippen LogP contribution in [-0.4, -0.2) is 0 Å². The fourth-order valence-corrected chi connectivity index (χ4v) is 2.69. The number of allylic oxidation sites excluding steroid dienone is 8. The molecule has 3 aliphatic rings. The Hall–Kier alpha value is -1.04. The molecule has 0 radical (unpaired) electrons. The molecule has 2 atom stereocenters. The van der Waals surface area contributed by atoms with Crippen molar-refractivity contribution in [3.05, 3.63) is 47.6 Å². The van der Waals surface area contributed by atoms with Gasteiger partial charge in [0.05, 0.1) is 0 Å². The molecule has 0 saturated carbocycles. The molecule has 0 N–H and O–H groups in total. The third-order valence-electron chi connectivity index (χ3n) is 3.33. The van der Waals surface area contributed by atoms with Crippen molar-refractivity contribution in [2.45, 2.75) is 19.3 Å². The third-order valence-corrected chi connectivity index (χ3v) is 3.33. The van der Waals surface area contributed by atoms with Crippen molar-refractivity contribution in [1.29, 1.82) is 0 Å². The predicted molar refractivity (Wildman–Crippen MR) is 55.3 cm³/mol. The van der Waals surface area contributed by atoms with E-state index >= 15 is 0 Å². The van der Waals surface area contributed by atoms with Gasteiger partial charge in [0.1, 0.15) is 0 Å². The van der Waals surface area contributed by atoms with Crippen LogP contribution in [0.2, 0.25) is 0 Å². The van der Waals surface area contributed by atoms with Crippen LogP contribution in [0.4, 0.5) is 0 Å². The van der Waals surface area contributed by atoms with Crippen LogP contribution in [-0.2, 0) is 0 Å². The summed E-state index contributed by atoms with van der Waals surface area (Å²) in [6, 6.07) is 0. The Morgan fingerprint density at radius 2 is 2.23 bits per heavy atom. The van der Waals surface area contributed by atoms with E-state index in [9.17, 15) is 0 Å². The zero-order valence-corrected chi connectivity index (χ0v) is 7.74. The highest BCUT2D eigenvalue weighted by Crippen LogP contribution is 2.43. The molecular formula is C13H14. The summed E-state index contributed by atoms with van der Waals surface area (Å²) >= 11 is 0. The van der Waals surface area contributed by atoms with Crippen molar-refractivity contribution in [3.8, 4) is 0 Å². The minimum Gasteiger partial charge on any atom is -0.0879 e. The van der Waals surface area contributed by atoms with Gasteiger partial charge in [-0.25, -0.2) is 0 Å². The van der Waals surface area contributed by atoms with E-state index in [1.165, 1.54) is 18.4 Å². The molecule has 0 spiro atoms. The third kappa shape index (κ3) is 1.05. The summed E-state index contributed by atoms with van der Waals surface area (Å²) in [5.41, 5.74) is 3.08. The van der Waals surface area contributed by atoms with Crippen LogP contribution in [0.25, 0.3) is 0 Å². The second-order valence-corrected chi connectivity index (χ2v) is 4.11. The van der Waals surface area contributed by atoms with E-state index in [1.807, 2.05) is 0 Å². The monoisotopic (exact) mass is 170 g/mol. The van der Waals surface area contributed by atoms with E-state index in [0.29, 0.717) is 5.92 Å². The van der Waals surface area contributed by atoms with E-state index in [0.717, 1.165) is 12.3 Å². The molecule has 66 valence electrons. The van der Waals surface area contributed by atoms with Gasteiger partial charge in [0.2, 0.25) is 0 Å². The molecule has 0 heteroatoms. The van der Waals surface area contributed by atoms with Gasteiger partial charge in [-0.15, -0.1) is 0 Å². The molecule has 0 aromatic heterocycles. The van der Waals surface area contributed by atoms with Gasteiger partial charge in [-0.1, -0.05) is 36.5 Å². The number of hydrogen-bond acceptors (Lipinski definition) is 0. The Balaban J connectivity index is 2.03. The van der Waals surface area contributed by atoms with Gasteiger partial charge < -0.3 is 0 Å². The predicted octanol–water partition coefficient (Wildman–Crippen LogP) is 3.40. The Morgan fingerprint density at radius 1 is 1.23 bits per heavy atom. The first-order valence-electron chi connectivity index (χ1n) is 5.20. The van der Waals surface area contributed by atoms with Gasteiger partial charge in [0.25, 0.3) is 0 Å². The first kappa shape index (κ1) is 7.37. The maximum Gasteiger partial charge on any atom is 0.00840 e. The largest absolute Gasteiger partial charge is 0.0879 e. The van der Waals surface area contributed by atoms with Crippen LogP contribution in [0.15, 0.2) is 47.6 Å². The molecule has 0 aliphatic heterocycles. The van der Waals surface area contributed by atoms with Gasteiger partial charge in [-0.3, -0.25) is 0 Å². The van der Waals surface area contributed by atoms with Gasteiger partial charge in [0.15, 0.2) is 0 Å². The van der Waals surface area contributed by atoms with Crippen LogP contribution in [0.1, 0.15) is 19.3 Å². The molecular weight excluding hydrogens is 156 g/mol. The average Bonchev–Trinajstić information content (AvgIpc) is 2.56. The lowest BCUT2D eigenvalue weighted by molar-refractivity contribution is 0.502. The Labute approximate surface area is 79.3 Å². The Bertz CT molecular complexity index is 339. The summed E-state index contributed by atoms with van der Waals surface area (Å²) in [5.74, 6) is 1.52. The summed E-state index contributed by atoms with van der Waals surface area (Å²) in [4.78, 5) is 0. The van der Waals surface area contributed by atoms with Crippen molar-refractivity contribution < 1.29 is 0 Å². The SMILES string of the molecule is C1=CC2=CC3CCC=CC3C2=CC1. The van der Waals surface area contributed by atoms with Crippen LogP contribution in [0.3, 0.4) is 0 Å². The molecule has 0 heterocycles. The first-order valence-corrected chi connectivity index (χ1v) is 5.20. The van der Waals surface area contributed by atoms with Crippen LogP contribution >= 0.6 is 0 Å². The molecule has 0 amide bonds. The van der Waals surface area contributed by atoms with E-state index in [1.54, 1.807) is 5.57 Å². The van der Waals surface area contributed by atoms with Crippen molar-refractivity contribution in [2.24, 2.45) is 11.8 Å². The summed E-state index contributed by atoms with van der Waals surface area (Å²) in [6.07, 6.45) is 17.9. The first-order chi connectivity index (χ1) is 6.45. The molecule has 13 heavy (non-hydrogen) atoms. The lowest BCUT2D eigenvalue weighted by Crippen LogP contribution is -2.10. The smallest absolute Gasteiger partial charge is 0.00840 e. The molecule has 0 saturated heterocycles. The van der Waals surface area contributed by atoms with Crippen molar-refractivity contribution >= 4 is 0 Å². The van der Waals surface area contributed by atoms with Crippen LogP contribution < -0.4 is 0 Å². The number of rotatable bonds is 0. The molecule has 0 aromatic rings. The second-order valence-electron chi connectivity index (χ2n) is 4.11. The quantitative estimate of drug-likeness (QED) is 0.489. The minimum absolute atomic E-state index is 0.716. The zero-order valence-electron chi connectivity index (χ0n) is 7.74. The maximum atomic E-state index is 2.47. The van der Waals surface area contributed by atoms with Crippen molar-refractivity contribution in [3.63, 3.8) is 0 Å². The van der Waals surface area contributed by atoms with E-state index in [-0.39, 0.29) is 0 Å². The molecule has 0 fully saturated rings. The Morgan fingerprint density at radius 3 is 3.23 bits per heavy atom. The summed E-state index contributed by atoms with van der Waals surface area (Å²) in [6.45, 7) is 0. The maximum absolute atomic E-state index is 2.47. The highest BCUT2D eigenvalue weighted by molar-refractivity contribution is 5.51. The topological polar surface area (TPSA) is 0 Å². The van der Waals surface area contributed by atoms with Gasteiger partial charge in [-0.2, -0.15) is 0 Å². The second kappa shape index (κ2) is 2.73. The van der Waals surface area contributed by atoms with Crippen LogP contribution in [0.5, 0.6) is 0 Å². The molecule has 0 nitrogen and oxygen atoms in total. The number of fused-ring (bicyclic) bond motifs is 3. The highest BCUT2D eigenvalue weighted by Gasteiger charge is 2.30. The average molecular weight is 170 g/mol. The normalized spacial score (nSPS) is 35.1. The van der Waals surface area contributed by atoms with Crippen molar-refractivity contribution in [2.75, 3.05) is 0 Å². The summed E-state index contributed by atoms with van der Waals surface area (Å²) in [5, 5.41) is 0. The molecule has 0 bridgehead atoms. The van der Waals surface area contributed by atoms with E-state index in [4.69, 9.17) is 0 Å². The number of hydrogen-bond donors (Lipinski definition) is 0. The van der Waals surface area contributed by atoms with Gasteiger partial charge >= 0.3 is 0 Å².